The van der Waals surface area contributed by atoms with Gasteiger partial charge in [-0.1, -0.05) is 27.0 Å². The van der Waals surface area contributed by atoms with E-state index in [-0.39, 0.29) is 0 Å². The van der Waals surface area contributed by atoms with Crippen LogP contribution in [0.4, 0.5) is 0 Å². The lowest BCUT2D eigenvalue weighted by atomic mass is 10.2. The highest BCUT2D eigenvalue weighted by atomic mass is 14.7. The van der Waals surface area contributed by atoms with E-state index in [0.717, 1.165) is 0 Å². The van der Waals surface area contributed by atoms with Crippen LogP contribution in [0.2, 0.25) is 0 Å². The smallest absolute Gasteiger partial charge is 0.100 e. The fourth-order valence-corrected chi connectivity index (χ4v) is 0.296. The minimum atomic E-state index is 0.384. The molecular weight excluding hydrogens is 136 g/mol. The first-order chi connectivity index (χ1) is 5.22. The number of hydrogen-bond acceptors (Lipinski definition) is 2. The Kier molecular flexibility index (Phi) is 9.68. The van der Waals surface area contributed by atoms with Gasteiger partial charge in [-0.2, -0.15) is 5.26 Å². The van der Waals surface area contributed by atoms with Gasteiger partial charge in [0.1, 0.15) is 6.07 Å². The van der Waals surface area contributed by atoms with Gasteiger partial charge in [0.25, 0.3) is 0 Å². The fraction of sp³-hybridized carbons (Fsp3) is 0.333. The largest absolute Gasteiger partial charge is 0.261 e. The summed E-state index contributed by atoms with van der Waals surface area (Å²) in [5, 5.41) is 8.27. The van der Waals surface area contributed by atoms with E-state index in [1.165, 1.54) is 6.20 Å². The van der Waals surface area contributed by atoms with Crippen molar-refractivity contribution >= 4 is 5.71 Å². The van der Waals surface area contributed by atoms with Crippen LogP contribution in [0.25, 0.3) is 0 Å². The molecule has 0 fully saturated rings. The molecule has 0 radical (unpaired) electrons. The highest BCUT2D eigenvalue weighted by Crippen LogP contribution is 1.91. The maximum Gasteiger partial charge on any atom is 0.100 e. The van der Waals surface area contributed by atoms with Crippen LogP contribution in [0.3, 0.4) is 0 Å². The molecule has 0 saturated heterocycles. The summed E-state index contributed by atoms with van der Waals surface area (Å²) in [7, 11) is 0. The first kappa shape index (κ1) is 12.3. The molecule has 0 aliphatic heterocycles. The van der Waals surface area contributed by atoms with Crippen molar-refractivity contribution in [1.29, 1.82) is 5.26 Å². The minimum Gasteiger partial charge on any atom is -0.261 e. The van der Waals surface area contributed by atoms with Crippen molar-refractivity contribution in [2.75, 3.05) is 0 Å². The first-order valence-electron chi connectivity index (χ1n) is 3.47. The summed E-state index contributed by atoms with van der Waals surface area (Å²) >= 11 is 0. The summed E-state index contributed by atoms with van der Waals surface area (Å²) in [4.78, 5) is 3.75. The van der Waals surface area contributed by atoms with Gasteiger partial charge in [-0.3, -0.25) is 4.99 Å². The zero-order chi connectivity index (χ0) is 9.28. The van der Waals surface area contributed by atoms with Crippen LogP contribution in [0, 0.1) is 11.3 Å². The summed E-state index contributed by atoms with van der Waals surface area (Å²) in [5.74, 6) is 0. The summed E-state index contributed by atoms with van der Waals surface area (Å²) in [6, 6.07) is 1.88. The van der Waals surface area contributed by atoms with E-state index >= 15 is 0 Å². The molecule has 0 unspecified atom stereocenters. The molecule has 0 aromatic carbocycles. The number of hydrogen-bond donors (Lipinski definition) is 0. The Morgan fingerprint density at radius 3 is 2.27 bits per heavy atom. The van der Waals surface area contributed by atoms with E-state index in [1.807, 2.05) is 19.9 Å². The molecule has 0 atom stereocenters. The maximum atomic E-state index is 8.27. The summed E-state index contributed by atoms with van der Waals surface area (Å²) in [6.45, 7) is 12.5. The first-order valence-corrected chi connectivity index (χ1v) is 3.47. The van der Waals surface area contributed by atoms with Gasteiger partial charge in [0.2, 0.25) is 0 Å². The lowest BCUT2D eigenvalue weighted by Gasteiger charge is -1.88. The standard InChI is InChI=1S/C7H8N2.C2H6/c1-4-9-7(3)6(2)5-8;1-2/h4H,1-2H2,3H3;1-2H3. The van der Waals surface area contributed by atoms with Gasteiger partial charge < -0.3 is 0 Å². The number of aliphatic imine (C=N–C) groups is 1. The molecule has 11 heavy (non-hydrogen) atoms. The second kappa shape index (κ2) is 8.64. The van der Waals surface area contributed by atoms with Gasteiger partial charge in [-0.25, -0.2) is 0 Å². The Labute approximate surface area is 68.6 Å². The molecule has 0 rings (SSSR count). The summed E-state index contributed by atoms with van der Waals surface area (Å²) in [6.07, 6.45) is 1.39. The van der Waals surface area contributed by atoms with Crippen molar-refractivity contribution < 1.29 is 0 Å². The predicted octanol–water partition coefficient (Wildman–Crippen LogP) is 2.70. The van der Waals surface area contributed by atoms with Crippen LogP contribution in [0.5, 0.6) is 0 Å². The number of allylic oxidation sites excluding steroid dienone is 1. The van der Waals surface area contributed by atoms with Crippen molar-refractivity contribution in [2.24, 2.45) is 4.99 Å². The van der Waals surface area contributed by atoms with Crippen molar-refractivity contribution in [1.82, 2.24) is 0 Å². The van der Waals surface area contributed by atoms with Gasteiger partial charge in [-0.05, 0) is 6.92 Å². The van der Waals surface area contributed by atoms with Crippen LogP contribution in [0.1, 0.15) is 20.8 Å². The maximum absolute atomic E-state index is 8.27. The van der Waals surface area contributed by atoms with E-state index in [4.69, 9.17) is 5.26 Å². The highest BCUT2D eigenvalue weighted by Gasteiger charge is 1.91. The molecule has 0 aliphatic carbocycles. The molecule has 0 N–H and O–H groups in total. The molecule has 0 saturated carbocycles. The molecule has 0 aromatic heterocycles. The third-order valence-corrected chi connectivity index (χ3v) is 0.857. The fourth-order valence-electron chi connectivity index (χ4n) is 0.296. The Hall–Kier alpha value is -1.36. The van der Waals surface area contributed by atoms with Crippen LogP contribution in [-0.4, -0.2) is 5.71 Å². The Morgan fingerprint density at radius 1 is 1.55 bits per heavy atom. The third kappa shape index (κ3) is 6.53. The Morgan fingerprint density at radius 2 is 2.00 bits per heavy atom. The summed E-state index contributed by atoms with van der Waals surface area (Å²) < 4.78 is 0. The molecule has 0 amide bonds. The predicted molar refractivity (Wildman–Crippen MR) is 49.4 cm³/mol. The van der Waals surface area contributed by atoms with E-state index in [0.29, 0.717) is 11.3 Å². The summed E-state index contributed by atoms with van der Waals surface area (Å²) in [5.41, 5.74) is 1.00. The van der Waals surface area contributed by atoms with Crippen molar-refractivity contribution in [3.05, 3.63) is 24.9 Å². The molecule has 0 aliphatic rings. The highest BCUT2D eigenvalue weighted by molar-refractivity contribution is 6.01. The van der Waals surface area contributed by atoms with Gasteiger partial charge in [0.15, 0.2) is 0 Å². The van der Waals surface area contributed by atoms with Crippen molar-refractivity contribution in [3.63, 3.8) is 0 Å². The molecule has 0 aromatic rings. The van der Waals surface area contributed by atoms with E-state index < -0.39 is 0 Å². The second-order valence-corrected chi connectivity index (χ2v) is 1.49. The van der Waals surface area contributed by atoms with Gasteiger partial charge in [0.05, 0.1) is 11.3 Å². The Bertz CT molecular complexity index is 194. The zero-order valence-electron chi connectivity index (χ0n) is 7.39. The van der Waals surface area contributed by atoms with Crippen LogP contribution in [0.15, 0.2) is 29.9 Å². The molecule has 2 heteroatoms. The second-order valence-electron chi connectivity index (χ2n) is 1.49. The average Bonchev–Trinajstić information content (AvgIpc) is 2.07. The number of nitrogens with zero attached hydrogens (tertiary/aromatic N) is 2. The SMILES string of the molecule is C=CN=C(C)C(=C)C#N.CC. The van der Waals surface area contributed by atoms with Crippen molar-refractivity contribution in [3.8, 4) is 6.07 Å². The molecule has 0 spiro atoms. The minimum absolute atomic E-state index is 0.384. The van der Waals surface area contributed by atoms with Gasteiger partial charge >= 0.3 is 0 Å². The van der Waals surface area contributed by atoms with Gasteiger partial charge in [-0.15, -0.1) is 0 Å². The van der Waals surface area contributed by atoms with E-state index in [2.05, 4.69) is 18.2 Å². The molecule has 60 valence electrons. The van der Waals surface area contributed by atoms with E-state index in [1.54, 1.807) is 6.92 Å². The third-order valence-electron chi connectivity index (χ3n) is 0.857. The van der Waals surface area contributed by atoms with Crippen LogP contribution < -0.4 is 0 Å². The quantitative estimate of drug-likeness (QED) is 0.440. The van der Waals surface area contributed by atoms with Crippen LogP contribution >= 0.6 is 0 Å². The number of nitriles is 1. The average molecular weight is 150 g/mol. The number of rotatable bonds is 2. The zero-order valence-corrected chi connectivity index (χ0v) is 7.39. The Balaban J connectivity index is 0. The van der Waals surface area contributed by atoms with E-state index in [9.17, 15) is 0 Å². The normalized spacial score (nSPS) is 8.73. The topological polar surface area (TPSA) is 36.1 Å². The molecule has 0 heterocycles. The monoisotopic (exact) mass is 150 g/mol. The molecule has 0 bridgehead atoms. The van der Waals surface area contributed by atoms with Crippen LogP contribution in [-0.2, 0) is 0 Å². The molecule has 2 nitrogen and oxygen atoms in total. The lowest BCUT2D eigenvalue weighted by Crippen LogP contribution is -1.90. The van der Waals surface area contributed by atoms with Gasteiger partial charge in [0, 0.05) is 6.20 Å². The molecular formula is C9H14N2. The van der Waals surface area contributed by atoms with Crippen molar-refractivity contribution in [2.45, 2.75) is 20.8 Å². The lowest BCUT2D eigenvalue weighted by molar-refractivity contribution is 1.48.